The van der Waals surface area contributed by atoms with E-state index in [2.05, 4.69) is 26.3 Å². The van der Waals surface area contributed by atoms with Crippen molar-refractivity contribution in [2.75, 3.05) is 26.0 Å². The second-order valence-electron chi connectivity index (χ2n) is 9.12. The average molecular weight is 484 g/mol. The number of benzene rings is 2. The molecule has 2 aliphatic rings. The van der Waals surface area contributed by atoms with Gasteiger partial charge < -0.3 is 20.0 Å². The van der Waals surface area contributed by atoms with Crippen molar-refractivity contribution in [3.8, 4) is 11.8 Å². The van der Waals surface area contributed by atoms with Crippen LogP contribution in [0.3, 0.4) is 0 Å². The summed E-state index contributed by atoms with van der Waals surface area (Å²) in [5.74, 6) is -1.59. The third-order valence-electron chi connectivity index (χ3n) is 7.59. The molecule has 0 radical (unpaired) electrons. The predicted octanol–water partition coefficient (Wildman–Crippen LogP) is 3.31. The summed E-state index contributed by atoms with van der Waals surface area (Å²) in [5, 5.41) is 14.3. The van der Waals surface area contributed by atoms with Crippen molar-refractivity contribution in [1.82, 2.24) is 19.9 Å². The lowest BCUT2D eigenvalue weighted by Crippen LogP contribution is -2.58. The molecular weight excluding hydrogens is 463 g/mol. The molecule has 6 rings (SSSR count). The number of carbonyl (C=O) groups is 2. The van der Waals surface area contributed by atoms with E-state index in [4.69, 9.17) is 4.74 Å². The number of ketones is 1. The number of hydrogen-bond acceptors (Lipinski definition) is 6. The maximum absolute atomic E-state index is 14.7. The number of aromatic nitrogens is 3. The fraction of sp³-hybridized carbons (Fsp3) is 0.231. The van der Waals surface area contributed by atoms with Crippen LogP contribution in [-0.2, 0) is 10.3 Å². The molecule has 1 amide bonds. The number of anilines is 1. The molecular formula is C26H21FN6O3. The summed E-state index contributed by atoms with van der Waals surface area (Å²) in [6, 6.07) is 11.4. The Labute approximate surface area is 204 Å². The van der Waals surface area contributed by atoms with Gasteiger partial charge in [-0.15, -0.1) is 0 Å². The van der Waals surface area contributed by atoms with E-state index >= 15 is 0 Å². The summed E-state index contributed by atoms with van der Waals surface area (Å²) in [6.07, 6.45) is 4.67. The number of fused-ring (bicyclic) bond motifs is 3. The van der Waals surface area contributed by atoms with Crippen molar-refractivity contribution in [3.05, 3.63) is 77.8 Å². The van der Waals surface area contributed by atoms with Crippen LogP contribution in [0.4, 0.5) is 10.1 Å². The maximum atomic E-state index is 14.7. The molecule has 0 aliphatic carbocycles. The van der Waals surface area contributed by atoms with Gasteiger partial charge in [0.05, 0.1) is 19.1 Å². The van der Waals surface area contributed by atoms with Crippen LogP contribution in [0.25, 0.3) is 10.9 Å². The normalized spacial score (nSPS) is 25.2. The van der Waals surface area contributed by atoms with E-state index in [-0.39, 0.29) is 17.7 Å². The number of nitriles is 1. The van der Waals surface area contributed by atoms with Crippen molar-refractivity contribution in [2.45, 2.75) is 11.5 Å². The number of imidazole rings is 1. The largest absolute Gasteiger partial charge is 0.497 e. The number of carbonyl (C=O) groups excluding carboxylic acids is 2. The van der Waals surface area contributed by atoms with Gasteiger partial charge in [-0.05, 0) is 43.4 Å². The quantitative estimate of drug-likeness (QED) is 0.382. The molecule has 2 aromatic carbocycles. The standard InChI is InChI=1S/C26H21FN6O3/c1-33-12-19(23-29-7-8-30-23)25(13-28,26(33)18-9-14(27)3-5-21(18)32-24(26)35)22(34)17-11-31-20-6-4-15(36-2)10-16(17)20/h3-11,19,31H,12H2,1-2H3,(H,29,30)(H,32,35)/t19-,25+,26-/m1/s1. The SMILES string of the molecule is COc1ccc2[nH]cc(C(=O)[C@]3(C#N)[C@@H](c4ncc[nH]4)CN(C)[C@]34C(=O)Nc3ccc(F)cc34)c2c1. The minimum absolute atomic E-state index is 0.155. The Kier molecular flexibility index (Phi) is 4.59. The van der Waals surface area contributed by atoms with Crippen molar-refractivity contribution in [2.24, 2.45) is 5.41 Å². The monoisotopic (exact) mass is 484 g/mol. The van der Waals surface area contributed by atoms with Crippen LogP contribution in [0.5, 0.6) is 5.75 Å². The number of aromatic amines is 2. The van der Waals surface area contributed by atoms with Crippen molar-refractivity contribution in [1.29, 1.82) is 5.26 Å². The topological polar surface area (TPSA) is 127 Å². The molecule has 1 saturated heterocycles. The molecule has 2 aromatic heterocycles. The first-order valence-corrected chi connectivity index (χ1v) is 11.3. The number of likely N-dealkylation sites (N-methyl/N-ethyl adjacent to an activating group) is 1. The van der Waals surface area contributed by atoms with Crippen LogP contribution in [0, 0.1) is 22.6 Å². The Morgan fingerprint density at radius 3 is 2.83 bits per heavy atom. The van der Waals surface area contributed by atoms with E-state index in [9.17, 15) is 19.2 Å². The highest BCUT2D eigenvalue weighted by Crippen LogP contribution is 2.62. The summed E-state index contributed by atoms with van der Waals surface area (Å²) in [5.41, 5.74) is -2.27. The fourth-order valence-corrected chi connectivity index (χ4v) is 6.05. The Morgan fingerprint density at radius 1 is 1.28 bits per heavy atom. The number of rotatable bonds is 4. The first-order chi connectivity index (χ1) is 17.4. The number of methoxy groups -OCH3 is 1. The van der Waals surface area contributed by atoms with E-state index in [0.717, 1.165) is 0 Å². The Hall–Kier alpha value is -4.49. The second-order valence-corrected chi connectivity index (χ2v) is 9.12. The van der Waals surface area contributed by atoms with Gasteiger partial charge in [0.2, 0.25) is 0 Å². The zero-order valence-corrected chi connectivity index (χ0v) is 19.4. The van der Waals surface area contributed by atoms with Gasteiger partial charge >= 0.3 is 0 Å². The lowest BCUT2D eigenvalue weighted by Gasteiger charge is -2.40. The van der Waals surface area contributed by atoms with E-state index in [1.807, 2.05) is 0 Å². The van der Waals surface area contributed by atoms with Crippen molar-refractivity contribution in [3.63, 3.8) is 0 Å². The maximum Gasteiger partial charge on any atom is 0.251 e. The Bertz CT molecular complexity index is 1590. The van der Waals surface area contributed by atoms with E-state index in [1.165, 1.54) is 37.7 Å². The van der Waals surface area contributed by atoms with Gasteiger partial charge in [0.15, 0.2) is 16.7 Å². The van der Waals surface area contributed by atoms with Crippen LogP contribution >= 0.6 is 0 Å². The summed E-state index contributed by atoms with van der Waals surface area (Å²) in [6.45, 7) is 0.155. The van der Waals surface area contributed by atoms with Gasteiger partial charge in [0.1, 0.15) is 17.4 Å². The zero-order chi connectivity index (χ0) is 25.2. The Morgan fingerprint density at radius 2 is 2.11 bits per heavy atom. The van der Waals surface area contributed by atoms with Crippen LogP contribution in [0.1, 0.15) is 27.7 Å². The number of amides is 1. The van der Waals surface area contributed by atoms with Gasteiger partial charge in [0, 0.05) is 52.9 Å². The molecule has 0 unspecified atom stereocenters. The summed E-state index contributed by atoms with van der Waals surface area (Å²) in [7, 11) is 3.19. The number of ether oxygens (including phenoxy) is 1. The molecule has 2 aliphatic heterocycles. The molecule has 4 aromatic rings. The summed E-state index contributed by atoms with van der Waals surface area (Å²) < 4.78 is 19.9. The molecule has 1 fully saturated rings. The molecule has 10 heteroatoms. The smallest absolute Gasteiger partial charge is 0.251 e. The van der Waals surface area contributed by atoms with Gasteiger partial charge in [-0.1, -0.05) is 0 Å². The second kappa shape index (κ2) is 7.50. The van der Waals surface area contributed by atoms with Crippen LogP contribution in [0.15, 0.2) is 55.0 Å². The lowest BCUT2D eigenvalue weighted by molar-refractivity contribution is -0.128. The molecule has 1 spiro atoms. The predicted molar refractivity (Wildman–Crippen MR) is 128 cm³/mol. The minimum Gasteiger partial charge on any atom is -0.497 e. The fourth-order valence-electron chi connectivity index (χ4n) is 6.05. The van der Waals surface area contributed by atoms with Gasteiger partial charge in [0.25, 0.3) is 5.91 Å². The number of nitrogens with zero attached hydrogens (tertiary/aromatic N) is 3. The number of H-pyrrole nitrogens is 2. The lowest BCUT2D eigenvalue weighted by atomic mass is 9.59. The third kappa shape index (κ3) is 2.52. The molecule has 3 atom stereocenters. The van der Waals surface area contributed by atoms with Crippen LogP contribution < -0.4 is 10.1 Å². The number of likely N-dealkylation sites (tertiary alicyclic amines) is 1. The van der Waals surface area contributed by atoms with Crippen LogP contribution in [-0.4, -0.2) is 52.2 Å². The minimum atomic E-state index is -1.99. The van der Waals surface area contributed by atoms with Gasteiger partial charge in [-0.2, -0.15) is 5.26 Å². The summed E-state index contributed by atoms with van der Waals surface area (Å²) in [4.78, 5) is 40.7. The molecule has 3 N–H and O–H groups in total. The van der Waals surface area contributed by atoms with Gasteiger partial charge in [-0.25, -0.2) is 9.37 Å². The van der Waals surface area contributed by atoms with E-state index in [1.54, 1.807) is 36.3 Å². The van der Waals surface area contributed by atoms with E-state index in [0.29, 0.717) is 28.2 Å². The first kappa shape index (κ1) is 22.0. The summed E-state index contributed by atoms with van der Waals surface area (Å²) >= 11 is 0. The number of nitrogens with one attached hydrogen (secondary N) is 3. The highest BCUT2D eigenvalue weighted by atomic mass is 19.1. The molecule has 9 nitrogen and oxygen atoms in total. The van der Waals surface area contributed by atoms with E-state index < -0.39 is 34.4 Å². The van der Waals surface area contributed by atoms with Gasteiger partial charge in [-0.3, -0.25) is 14.5 Å². The molecule has 36 heavy (non-hydrogen) atoms. The zero-order valence-electron chi connectivity index (χ0n) is 19.4. The Balaban J connectivity index is 1.68. The molecule has 4 heterocycles. The number of Topliss-reactive ketones (excluding diaryl/α,β-unsaturated/α-hetero) is 1. The molecule has 180 valence electrons. The molecule has 0 saturated carbocycles. The highest BCUT2D eigenvalue weighted by Gasteiger charge is 2.75. The highest BCUT2D eigenvalue weighted by molar-refractivity contribution is 6.19. The number of hydrogen-bond donors (Lipinski definition) is 3. The average Bonchev–Trinajstić information content (AvgIpc) is 3.65. The first-order valence-electron chi connectivity index (χ1n) is 11.3. The van der Waals surface area contributed by atoms with Crippen LogP contribution in [0.2, 0.25) is 0 Å². The third-order valence-corrected chi connectivity index (χ3v) is 7.59. The van der Waals surface area contributed by atoms with Crippen molar-refractivity contribution < 1.29 is 18.7 Å². The van der Waals surface area contributed by atoms with Crippen molar-refractivity contribution >= 4 is 28.3 Å². The number of halogens is 1. The molecule has 0 bridgehead atoms.